The van der Waals surface area contributed by atoms with Crippen LogP contribution < -0.4 is 0 Å². The first-order chi connectivity index (χ1) is 20.4. The van der Waals surface area contributed by atoms with Gasteiger partial charge in [0.2, 0.25) is 5.78 Å². The minimum Gasteiger partial charge on any atom is -0.454 e. The van der Waals surface area contributed by atoms with E-state index in [1.165, 1.54) is 0 Å². The van der Waals surface area contributed by atoms with Crippen LogP contribution in [0.2, 0.25) is 0 Å². The van der Waals surface area contributed by atoms with E-state index in [0.29, 0.717) is 12.0 Å². The number of rotatable bonds is 6. The predicted molar refractivity (Wildman–Crippen MR) is 162 cm³/mol. The van der Waals surface area contributed by atoms with Gasteiger partial charge in [-0.3, -0.25) is 14.5 Å². The number of Topliss-reactive ketones (excluding diaryl/α,β-unsaturated/α-hetero) is 1. The van der Waals surface area contributed by atoms with Crippen LogP contribution in [0.5, 0.6) is 0 Å². The molecule has 0 aromatic heterocycles. The molecule has 43 heavy (non-hydrogen) atoms. The summed E-state index contributed by atoms with van der Waals surface area (Å²) in [6.07, 6.45) is 5.53. The first-order valence-corrected chi connectivity index (χ1v) is 15.9. The third kappa shape index (κ3) is 4.95. The lowest BCUT2D eigenvalue weighted by molar-refractivity contribution is -0.179. The Kier molecular flexibility index (Phi) is 7.81. The number of benzene rings is 1. The maximum atomic E-state index is 13.7. The van der Waals surface area contributed by atoms with E-state index < -0.39 is 40.9 Å². The van der Waals surface area contributed by atoms with Crippen molar-refractivity contribution in [2.45, 2.75) is 71.1 Å². The van der Waals surface area contributed by atoms with Gasteiger partial charge in [0.05, 0.1) is 11.7 Å². The van der Waals surface area contributed by atoms with Gasteiger partial charge in [-0.15, -0.1) is 0 Å². The van der Waals surface area contributed by atoms with Crippen LogP contribution in [0.4, 0.5) is 0 Å². The van der Waals surface area contributed by atoms with Crippen molar-refractivity contribution in [3.05, 3.63) is 58.7 Å². The molecule has 5 aliphatic rings. The third-order valence-electron chi connectivity index (χ3n) is 12.1. The Morgan fingerprint density at radius 2 is 1.84 bits per heavy atom. The molecular weight excluding hydrogens is 544 g/mol. The van der Waals surface area contributed by atoms with Gasteiger partial charge in [-0.1, -0.05) is 37.1 Å². The molecule has 2 N–H and O–H groups in total. The lowest BCUT2D eigenvalue weighted by atomic mass is 9.45. The van der Waals surface area contributed by atoms with E-state index in [9.17, 15) is 24.6 Å². The van der Waals surface area contributed by atoms with Gasteiger partial charge in [0, 0.05) is 49.5 Å². The van der Waals surface area contributed by atoms with Crippen molar-refractivity contribution < 1.29 is 29.3 Å². The number of ketones is 2. The summed E-state index contributed by atoms with van der Waals surface area (Å²) < 4.78 is 5.52. The van der Waals surface area contributed by atoms with Gasteiger partial charge in [0.1, 0.15) is 5.60 Å². The first kappa shape index (κ1) is 30.4. The van der Waals surface area contributed by atoms with Crippen molar-refractivity contribution in [1.29, 1.82) is 0 Å². The Morgan fingerprint density at radius 1 is 1.09 bits per heavy atom. The standard InChI is InChI=1S/C35H46N2O6/c1-22-16-26(38)18-25-8-9-27-28-10-11-35(42,33(28,2)19-29(39)31(27)34(22,25)3)30(40)21-43-32(41)24-7-5-6-23(17-24)20-37-14-12-36(4)13-15-37/h5-7,16-18,27-29,31,39,42H,8-15,19-21H2,1-4H3/t27-,28-,29?,31+,33-,34-,35-/m0/s1. The Hall–Kier alpha value is -2.65. The van der Waals surface area contributed by atoms with E-state index >= 15 is 0 Å². The average molecular weight is 591 g/mol. The van der Waals surface area contributed by atoms with Crippen LogP contribution in [0.3, 0.4) is 0 Å². The maximum Gasteiger partial charge on any atom is 0.338 e. The lowest BCUT2D eigenvalue weighted by Gasteiger charge is -2.60. The summed E-state index contributed by atoms with van der Waals surface area (Å²) in [6, 6.07) is 7.36. The zero-order chi connectivity index (χ0) is 30.7. The van der Waals surface area contributed by atoms with Crippen LogP contribution in [0.1, 0.15) is 68.8 Å². The van der Waals surface area contributed by atoms with Gasteiger partial charge in [-0.2, -0.15) is 0 Å². The quantitative estimate of drug-likeness (QED) is 0.485. The number of esters is 1. The average Bonchev–Trinajstić information content (AvgIpc) is 3.24. The van der Waals surface area contributed by atoms with E-state index in [-0.39, 0.29) is 36.4 Å². The first-order valence-electron chi connectivity index (χ1n) is 15.9. The van der Waals surface area contributed by atoms with Gasteiger partial charge in [0.25, 0.3) is 0 Å². The fourth-order valence-electron chi connectivity index (χ4n) is 9.54. The fraction of sp³-hybridized carbons (Fsp3) is 0.629. The number of carbonyl (C=O) groups excluding carboxylic acids is 3. The molecule has 0 bridgehead atoms. The lowest BCUT2D eigenvalue weighted by Crippen LogP contribution is -2.62. The number of hydrogen-bond donors (Lipinski definition) is 2. The summed E-state index contributed by atoms with van der Waals surface area (Å²) >= 11 is 0. The van der Waals surface area contributed by atoms with Crippen molar-refractivity contribution in [2.75, 3.05) is 39.8 Å². The number of likely N-dealkylation sites (N-methyl/N-ethyl adjacent to an activating group) is 1. The minimum absolute atomic E-state index is 0.00991. The fourth-order valence-corrected chi connectivity index (χ4v) is 9.54. The summed E-state index contributed by atoms with van der Waals surface area (Å²) in [6.45, 7) is 10.3. The molecule has 7 atom stereocenters. The zero-order valence-electron chi connectivity index (χ0n) is 26.0. The Labute approximate surface area is 254 Å². The summed E-state index contributed by atoms with van der Waals surface area (Å²) in [5.41, 5.74) is 0.563. The monoisotopic (exact) mass is 590 g/mol. The molecule has 4 fully saturated rings. The number of nitrogens with zero attached hydrogens (tertiary/aromatic N) is 2. The highest BCUT2D eigenvalue weighted by Gasteiger charge is 2.68. The van der Waals surface area contributed by atoms with E-state index in [2.05, 4.69) is 23.8 Å². The molecule has 0 amide bonds. The molecule has 1 saturated heterocycles. The van der Waals surface area contributed by atoms with Gasteiger partial charge in [-0.05, 0) is 87.8 Å². The molecule has 3 saturated carbocycles. The highest BCUT2D eigenvalue weighted by Crippen LogP contribution is 2.68. The molecule has 232 valence electrons. The van der Waals surface area contributed by atoms with Gasteiger partial charge < -0.3 is 19.8 Å². The number of fused-ring (bicyclic) bond motifs is 5. The van der Waals surface area contributed by atoms with Gasteiger partial charge in [-0.25, -0.2) is 4.79 Å². The molecule has 1 aromatic carbocycles. The predicted octanol–water partition coefficient (Wildman–Crippen LogP) is 3.56. The normalized spacial score (nSPS) is 38.0. The van der Waals surface area contributed by atoms with Crippen molar-refractivity contribution in [2.24, 2.45) is 28.6 Å². The number of allylic oxidation sites excluding steroid dienone is 4. The largest absolute Gasteiger partial charge is 0.454 e. The molecule has 1 heterocycles. The molecule has 0 radical (unpaired) electrons. The second-order valence-electron chi connectivity index (χ2n) is 14.3. The molecule has 1 aliphatic heterocycles. The number of aliphatic hydroxyl groups excluding tert-OH is 1. The summed E-state index contributed by atoms with van der Waals surface area (Å²) in [5.74, 6) is -0.985. The molecule has 0 spiro atoms. The highest BCUT2D eigenvalue weighted by molar-refractivity contribution is 6.02. The third-order valence-corrected chi connectivity index (χ3v) is 12.1. The van der Waals surface area contributed by atoms with Crippen molar-refractivity contribution in [1.82, 2.24) is 9.80 Å². The molecule has 8 nitrogen and oxygen atoms in total. The summed E-state index contributed by atoms with van der Waals surface area (Å²) in [4.78, 5) is 43.7. The Balaban J connectivity index is 1.14. The molecule has 6 rings (SSSR count). The Morgan fingerprint density at radius 3 is 2.58 bits per heavy atom. The SMILES string of the molecule is CC1=CC(=O)C=C2CC[C@@H]3[C@H](C(O)C[C@@]4(C)[C@H]3CC[C@]4(O)C(=O)COC(=O)c3cccc(CN4CCN(C)CC4)c3)[C@@]12C. The molecule has 8 heteroatoms. The van der Waals surface area contributed by atoms with E-state index in [1.54, 1.807) is 18.2 Å². The number of aliphatic hydroxyl groups is 2. The molecule has 1 unspecified atom stereocenters. The van der Waals surface area contributed by atoms with Crippen molar-refractivity contribution >= 4 is 17.5 Å². The molecule has 1 aromatic rings. The van der Waals surface area contributed by atoms with E-state index in [4.69, 9.17) is 4.74 Å². The number of hydrogen-bond acceptors (Lipinski definition) is 8. The number of ether oxygens (including phenoxy) is 1. The van der Waals surface area contributed by atoms with Crippen LogP contribution in [-0.2, 0) is 20.9 Å². The van der Waals surface area contributed by atoms with E-state index in [1.807, 2.05) is 32.0 Å². The summed E-state index contributed by atoms with van der Waals surface area (Å²) in [7, 11) is 2.12. The maximum absolute atomic E-state index is 13.7. The van der Waals surface area contributed by atoms with Crippen LogP contribution in [0.25, 0.3) is 0 Å². The zero-order valence-corrected chi connectivity index (χ0v) is 26.0. The van der Waals surface area contributed by atoms with Crippen LogP contribution in [-0.4, -0.2) is 89.1 Å². The van der Waals surface area contributed by atoms with E-state index in [0.717, 1.165) is 62.3 Å². The number of piperazine rings is 1. The molecule has 4 aliphatic carbocycles. The van der Waals surface area contributed by atoms with Crippen molar-refractivity contribution in [3.8, 4) is 0 Å². The summed E-state index contributed by atoms with van der Waals surface area (Å²) in [5, 5.41) is 23.7. The topological polar surface area (TPSA) is 107 Å². The molecular formula is C35H46N2O6. The van der Waals surface area contributed by atoms with Crippen LogP contribution >= 0.6 is 0 Å². The second kappa shape index (κ2) is 11.1. The smallest absolute Gasteiger partial charge is 0.338 e. The second-order valence-corrected chi connectivity index (χ2v) is 14.3. The van der Waals surface area contributed by atoms with Gasteiger partial charge in [0.15, 0.2) is 12.4 Å². The van der Waals surface area contributed by atoms with Gasteiger partial charge >= 0.3 is 5.97 Å². The van der Waals surface area contributed by atoms with Crippen LogP contribution in [0.15, 0.2) is 47.6 Å². The highest BCUT2D eigenvalue weighted by atomic mass is 16.5. The van der Waals surface area contributed by atoms with Crippen molar-refractivity contribution in [3.63, 3.8) is 0 Å². The Bertz CT molecular complexity index is 1380. The number of carbonyl (C=O) groups is 3. The van der Waals surface area contributed by atoms with Crippen LogP contribution in [0, 0.1) is 28.6 Å². The minimum atomic E-state index is -1.68.